The Labute approximate surface area is 128 Å². The fourth-order valence-electron chi connectivity index (χ4n) is 1.67. The van der Waals surface area contributed by atoms with Crippen molar-refractivity contribution < 1.29 is 22.5 Å². The van der Waals surface area contributed by atoms with E-state index in [-0.39, 0.29) is 10.8 Å². The molecule has 0 aliphatic heterocycles. The van der Waals surface area contributed by atoms with Crippen LogP contribution in [0.3, 0.4) is 0 Å². The van der Waals surface area contributed by atoms with Gasteiger partial charge in [0.2, 0.25) is 5.88 Å². The summed E-state index contributed by atoms with van der Waals surface area (Å²) in [5.74, 6) is 0.234. The zero-order valence-electron chi connectivity index (χ0n) is 12.4. The van der Waals surface area contributed by atoms with E-state index in [1.807, 2.05) is 0 Å². The molecule has 0 aliphatic rings. The first-order valence-electron chi connectivity index (χ1n) is 6.46. The molecule has 1 N–H and O–H groups in total. The van der Waals surface area contributed by atoms with E-state index in [9.17, 15) is 13.2 Å². The van der Waals surface area contributed by atoms with Gasteiger partial charge in [-0.1, -0.05) is 5.16 Å². The number of anilines is 1. The van der Waals surface area contributed by atoms with Crippen LogP contribution in [-0.4, -0.2) is 31.8 Å². The number of sulfone groups is 1. The third kappa shape index (κ3) is 4.08. The molecular weight excluding hydrogens is 308 g/mol. The maximum atomic E-state index is 11.9. The lowest BCUT2D eigenvalue weighted by Crippen LogP contribution is -2.30. The van der Waals surface area contributed by atoms with Crippen LogP contribution in [0.5, 0.6) is 5.75 Å². The van der Waals surface area contributed by atoms with Crippen molar-refractivity contribution in [3.8, 4) is 5.75 Å². The van der Waals surface area contributed by atoms with Crippen LogP contribution >= 0.6 is 0 Å². The second-order valence-corrected chi connectivity index (χ2v) is 6.84. The molecule has 0 fully saturated rings. The van der Waals surface area contributed by atoms with Gasteiger partial charge >= 0.3 is 0 Å². The highest BCUT2D eigenvalue weighted by molar-refractivity contribution is 7.90. The molecular formula is C14H16N2O5S. The molecule has 0 aliphatic carbocycles. The quantitative estimate of drug-likeness (QED) is 0.900. The third-order valence-electron chi connectivity index (χ3n) is 2.81. The number of nitrogens with zero attached hydrogens (tertiary/aromatic N) is 1. The van der Waals surface area contributed by atoms with E-state index in [1.54, 1.807) is 19.9 Å². The molecule has 1 aromatic carbocycles. The number of nitrogens with one attached hydrogen (secondary N) is 1. The average Bonchev–Trinajstić information content (AvgIpc) is 2.83. The molecule has 1 amide bonds. The Bertz CT molecular complexity index is 765. The van der Waals surface area contributed by atoms with Crippen LogP contribution in [0.1, 0.15) is 12.6 Å². The number of amides is 1. The maximum Gasteiger partial charge on any atom is 0.267 e. The molecule has 0 saturated carbocycles. The number of ether oxygens (including phenoxy) is 1. The molecule has 0 unspecified atom stereocenters. The van der Waals surface area contributed by atoms with Crippen LogP contribution in [0.4, 0.5) is 5.88 Å². The smallest absolute Gasteiger partial charge is 0.267 e. The second kappa shape index (κ2) is 6.18. The first-order valence-corrected chi connectivity index (χ1v) is 8.36. The van der Waals surface area contributed by atoms with E-state index in [2.05, 4.69) is 10.5 Å². The van der Waals surface area contributed by atoms with Crippen molar-refractivity contribution in [1.29, 1.82) is 0 Å². The highest BCUT2D eigenvalue weighted by atomic mass is 32.2. The van der Waals surface area contributed by atoms with Gasteiger partial charge in [0.1, 0.15) is 5.75 Å². The van der Waals surface area contributed by atoms with E-state index < -0.39 is 21.8 Å². The third-order valence-corrected chi connectivity index (χ3v) is 3.94. The van der Waals surface area contributed by atoms with Crippen molar-refractivity contribution in [1.82, 2.24) is 5.16 Å². The van der Waals surface area contributed by atoms with Crippen LogP contribution in [0, 0.1) is 6.92 Å². The van der Waals surface area contributed by atoms with Crippen molar-refractivity contribution >= 4 is 21.6 Å². The molecule has 2 aromatic rings. The number of hydrogen-bond acceptors (Lipinski definition) is 6. The van der Waals surface area contributed by atoms with Gasteiger partial charge < -0.3 is 9.26 Å². The topological polar surface area (TPSA) is 98.5 Å². The molecule has 1 atom stereocenters. The zero-order valence-corrected chi connectivity index (χ0v) is 13.2. The molecule has 2 rings (SSSR count). The number of rotatable bonds is 5. The largest absolute Gasteiger partial charge is 0.481 e. The highest BCUT2D eigenvalue weighted by Crippen LogP contribution is 2.17. The fourth-order valence-corrected chi connectivity index (χ4v) is 2.30. The molecule has 22 heavy (non-hydrogen) atoms. The Morgan fingerprint density at radius 1 is 1.32 bits per heavy atom. The summed E-state index contributed by atoms with van der Waals surface area (Å²) in [5.41, 5.74) is 0.653. The van der Waals surface area contributed by atoms with E-state index >= 15 is 0 Å². The lowest BCUT2D eigenvalue weighted by molar-refractivity contribution is -0.122. The van der Waals surface area contributed by atoms with Crippen LogP contribution in [0.2, 0.25) is 0 Å². The van der Waals surface area contributed by atoms with E-state index in [1.165, 1.54) is 24.3 Å². The highest BCUT2D eigenvalue weighted by Gasteiger charge is 2.17. The van der Waals surface area contributed by atoms with Crippen LogP contribution < -0.4 is 10.1 Å². The van der Waals surface area contributed by atoms with Crippen LogP contribution in [0.25, 0.3) is 0 Å². The molecule has 0 saturated heterocycles. The minimum Gasteiger partial charge on any atom is -0.481 e. The van der Waals surface area contributed by atoms with Gasteiger partial charge in [0.05, 0.1) is 10.6 Å². The standard InChI is InChI=1S/C14H16N2O5S/c1-9-8-13(21-16-9)15-14(17)10(2)20-11-4-6-12(7-5-11)22(3,18)19/h4-8,10H,1-3H3,(H,15,17)/t10-/m1/s1. The van der Waals surface area contributed by atoms with Crippen molar-refractivity contribution in [2.45, 2.75) is 24.8 Å². The minimum absolute atomic E-state index is 0.189. The molecule has 0 radical (unpaired) electrons. The number of carbonyl (C=O) groups is 1. The summed E-state index contributed by atoms with van der Waals surface area (Å²) in [6, 6.07) is 7.44. The monoisotopic (exact) mass is 324 g/mol. The predicted molar refractivity (Wildman–Crippen MR) is 79.5 cm³/mol. The molecule has 7 nitrogen and oxygen atoms in total. The Hall–Kier alpha value is -2.35. The normalized spacial score (nSPS) is 12.7. The molecule has 0 bridgehead atoms. The van der Waals surface area contributed by atoms with Gasteiger partial charge in [0.15, 0.2) is 15.9 Å². The Balaban J connectivity index is 1.99. The summed E-state index contributed by atoms with van der Waals surface area (Å²) >= 11 is 0. The minimum atomic E-state index is -3.26. The number of aromatic nitrogens is 1. The van der Waals surface area contributed by atoms with Crippen LogP contribution in [0.15, 0.2) is 39.8 Å². The average molecular weight is 324 g/mol. The summed E-state index contributed by atoms with van der Waals surface area (Å²) in [4.78, 5) is 12.1. The summed E-state index contributed by atoms with van der Waals surface area (Å²) in [6.45, 7) is 3.31. The maximum absolute atomic E-state index is 11.9. The van der Waals surface area contributed by atoms with Crippen molar-refractivity contribution in [3.63, 3.8) is 0 Å². The second-order valence-electron chi connectivity index (χ2n) is 4.83. The predicted octanol–water partition coefficient (Wildman–Crippen LogP) is 1.79. The SMILES string of the molecule is Cc1cc(NC(=O)[C@@H](C)Oc2ccc(S(C)(=O)=O)cc2)on1. The molecule has 118 valence electrons. The summed E-state index contributed by atoms with van der Waals surface area (Å²) in [5, 5.41) is 6.19. The van der Waals surface area contributed by atoms with Gasteiger partial charge in [0.25, 0.3) is 5.91 Å². The molecule has 1 aromatic heterocycles. The number of hydrogen-bond donors (Lipinski definition) is 1. The molecule has 0 spiro atoms. The summed E-state index contributed by atoms with van der Waals surface area (Å²) in [7, 11) is -3.26. The van der Waals surface area contributed by atoms with Gasteiger partial charge in [0, 0.05) is 12.3 Å². The van der Waals surface area contributed by atoms with E-state index in [0.29, 0.717) is 11.4 Å². The summed E-state index contributed by atoms with van der Waals surface area (Å²) in [6.07, 6.45) is 0.340. The lowest BCUT2D eigenvalue weighted by atomic mass is 10.3. The van der Waals surface area contributed by atoms with Crippen molar-refractivity contribution in [3.05, 3.63) is 36.0 Å². The molecule has 8 heteroatoms. The number of carbonyl (C=O) groups excluding carboxylic acids is 1. The Morgan fingerprint density at radius 2 is 1.95 bits per heavy atom. The molecule has 1 heterocycles. The van der Waals surface area contributed by atoms with Gasteiger partial charge in [-0.2, -0.15) is 0 Å². The first kappa shape index (κ1) is 16.0. The van der Waals surface area contributed by atoms with Crippen LogP contribution in [-0.2, 0) is 14.6 Å². The van der Waals surface area contributed by atoms with E-state index in [0.717, 1.165) is 6.26 Å². The fraction of sp³-hybridized carbons (Fsp3) is 0.286. The first-order chi connectivity index (χ1) is 10.3. The number of aryl methyl sites for hydroxylation is 1. The number of benzene rings is 1. The van der Waals surface area contributed by atoms with Crippen molar-refractivity contribution in [2.24, 2.45) is 0 Å². The zero-order chi connectivity index (χ0) is 16.3. The van der Waals surface area contributed by atoms with Gasteiger partial charge in [-0.25, -0.2) is 8.42 Å². The lowest BCUT2D eigenvalue weighted by Gasteiger charge is -2.13. The Kier molecular flexibility index (Phi) is 4.51. The van der Waals surface area contributed by atoms with Crippen molar-refractivity contribution in [2.75, 3.05) is 11.6 Å². The van der Waals surface area contributed by atoms with E-state index in [4.69, 9.17) is 9.26 Å². The van der Waals surface area contributed by atoms with Gasteiger partial charge in [-0.05, 0) is 38.1 Å². The van der Waals surface area contributed by atoms with Gasteiger partial charge in [-0.3, -0.25) is 10.1 Å². The Morgan fingerprint density at radius 3 is 2.45 bits per heavy atom. The summed E-state index contributed by atoms with van der Waals surface area (Å²) < 4.78 is 33.1. The van der Waals surface area contributed by atoms with Gasteiger partial charge in [-0.15, -0.1) is 0 Å².